The fourth-order valence-electron chi connectivity index (χ4n) is 0.299. The molecule has 50 valence electrons. The summed E-state index contributed by atoms with van der Waals surface area (Å²) in [6.07, 6.45) is 0. The van der Waals surface area contributed by atoms with Gasteiger partial charge in [0.25, 0.3) is 0 Å². The van der Waals surface area contributed by atoms with Crippen LogP contribution in [0.5, 0.6) is 0 Å². The van der Waals surface area contributed by atoms with Crippen molar-refractivity contribution in [3.05, 3.63) is 6.54 Å². The molecule has 0 spiro atoms. The van der Waals surface area contributed by atoms with Crippen LogP contribution in [0.2, 0.25) is 0 Å². The summed E-state index contributed by atoms with van der Waals surface area (Å²) in [7, 11) is 0. The zero-order chi connectivity index (χ0) is 5.54. The maximum atomic E-state index is 3.11. The average molecular weight is 285 g/mol. The van der Waals surface area contributed by atoms with Gasteiger partial charge in [0, 0.05) is 27.7 Å². The van der Waals surface area contributed by atoms with Crippen LogP contribution in [0.15, 0.2) is 0 Å². The van der Waals surface area contributed by atoms with Gasteiger partial charge in [-0.15, -0.1) is 0 Å². The second kappa shape index (κ2) is 10.6. The van der Waals surface area contributed by atoms with Gasteiger partial charge in [0.15, 0.2) is 0 Å². The van der Waals surface area contributed by atoms with Gasteiger partial charge in [-0.05, 0) is 6.54 Å². The Morgan fingerprint density at radius 2 is 2.12 bits per heavy atom. The van der Waals surface area contributed by atoms with Crippen LogP contribution in [-0.4, -0.2) is 13.2 Å². The molecule has 0 amide bonds. The minimum atomic E-state index is 0. The van der Waals surface area contributed by atoms with Crippen molar-refractivity contribution in [2.45, 2.75) is 13.8 Å². The Bertz CT molecular complexity index is 29.6. The molecule has 3 heteroatoms. The SMILES string of the molecule is C[CH-]NCNCC.[W]. The molecule has 0 radical (unpaired) electrons. The van der Waals surface area contributed by atoms with E-state index in [1.165, 1.54) is 0 Å². The van der Waals surface area contributed by atoms with Gasteiger partial charge in [-0.1, -0.05) is 6.92 Å². The van der Waals surface area contributed by atoms with Gasteiger partial charge in [-0.2, -0.15) is 6.92 Å². The fraction of sp³-hybridized carbons (Fsp3) is 0.800. The molecule has 0 heterocycles. The van der Waals surface area contributed by atoms with Crippen molar-refractivity contribution in [1.82, 2.24) is 10.6 Å². The summed E-state index contributed by atoms with van der Waals surface area (Å²) in [4.78, 5) is 0. The molecule has 0 saturated carbocycles. The quantitative estimate of drug-likeness (QED) is 0.442. The van der Waals surface area contributed by atoms with E-state index in [1.54, 1.807) is 0 Å². The Hall–Kier alpha value is 0.608. The van der Waals surface area contributed by atoms with E-state index < -0.39 is 0 Å². The predicted molar refractivity (Wildman–Crippen MR) is 31.7 cm³/mol. The summed E-state index contributed by atoms with van der Waals surface area (Å²) in [6.45, 7) is 7.88. The van der Waals surface area contributed by atoms with Crippen LogP contribution in [0, 0.1) is 6.54 Å². The molecule has 0 aliphatic heterocycles. The zero-order valence-corrected chi connectivity index (χ0v) is 8.33. The molecule has 0 saturated heterocycles. The van der Waals surface area contributed by atoms with E-state index >= 15 is 0 Å². The van der Waals surface area contributed by atoms with Crippen LogP contribution in [0.1, 0.15) is 13.8 Å². The Kier molecular flexibility index (Phi) is 15.1. The summed E-state index contributed by atoms with van der Waals surface area (Å²) >= 11 is 0. The van der Waals surface area contributed by atoms with E-state index in [9.17, 15) is 0 Å². The van der Waals surface area contributed by atoms with Crippen LogP contribution in [-0.2, 0) is 21.1 Å². The first-order chi connectivity index (χ1) is 3.41. The third-order valence-corrected chi connectivity index (χ3v) is 0.681. The Labute approximate surface area is 65.7 Å². The average Bonchev–Trinajstić information content (AvgIpc) is 1.69. The smallest absolute Gasteiger partial charge is 0.0183 e. The van der Waals surface area contributed by atoms with Crippen molar-refractivity contribution in [1.29, 1.82) is 0 Å². The van der Waals surface area contributed by atoms with Gasteiger partial charge in [0.2, 0.25) is 0 Å². The van der Waals surface area contributed by atoms with Crippen molar-refractivity contribution < 1.29 is 21.1 Å². The Balaban J connectivity index is 0. The summed E-state index contributed by atoms with van der Waals surface area (Å²) in [5.41, 5.74) is 0. The van der Waals surface area contributed by atoms with Crippen LogP contribution >= 0.6 is 0 Å². The molecule has 0 aromatic carbocycles. The van der Waals surface area contributed by atoms with Crippen molar-refractivity contribution in [3.8, 4) is 0 Å². The maximum absolute atomic E-state index is 3.11. The molecule has 2 nitrogen and oxygen atoms in total. The molecular weight excluding hydrogens is 272 g/mol. The molecule has 0 atom stereocenters. The van der Waals surface area contributed by atoms with Crippen LogP contribution in [0.25, 0.3) is 0 Å². The second-order valence-corrected chi connectivity index (χ2v) is 1.27. The summed E-state index contributed by atoms with van der Waals surface area (Å²) in [5, 5.41) is 6.12. The molecule has 8 heavy (non-hydrogen) atoms. The van der Waals surface area contributed by atoms with Crippen LogP contribution in [0.4, 0.5) is 0 Å². The Morgan fingerprint density at radius 3 is 2.50 bits per heavy atom. The van der Waals surface area contributed by atoms with Crippen LogP contribution < -0.4 is 10.6 Å². The second-order valence-electron chi connectivity index (χ2n) is 1.27. The molecule has 0 aliphatic rings. The van der Waals surface area contributed by atoms with E-state index in [1.807, 2.05) is 13.5 Å². The third kappa shape index (κ3) is 9.79. The normalized spacial score (nSPS) is 8.25. The summed E-state index contributed by atoms with van der Waals surface area (Å²) in [6, 6.07) is 0. The fourth-order valence-corrected chi connectivity index (χ4v) is 0.299. The third-order valence-electron chi connectivity index (χ3n) is 0.681. The van der Waals surface area contributed by atoms with Crippen molar-refractivity contribution in [2.75, 3.05) is 13.2 Å². The summed E-state index contributed by atoms with van der Waals surface area (Å²) in [5.74, 6) is 0. The van der Waals surface area contributed by atoms with Gasteiger partial charge >= 0.3 is 0 Å². The Morgan fingerprint density at radius 1 is 1.50 bits per heavy atom. The minimum Gasteiger partial charge on any atom is -0.458 e. The molecule has 0 rings (SSSR count). The number of rotatable bonds is 4. The van der Waals surface area contributed by atoms with Crippen molar-refractivity contribution in [3.63, 3.8) is 0 Å². The standard InChI is InChI=1S/C5H13N2.W/c1-3-6-5-7-4-2;/h3,6-7H,4-5H2,1-2H3;/q-1;. The molecule has 0 unspecified atom stereocenters. The van der Waals surface area contributed by atoms with Gasteiger partial charge in [-0.25, -0.2) is 0 Å². The first-order valence-corrected chi connectivity index (χ1v) is 2.63. The first kappa shape index (κ1) is 11.4. The van der Waals surface area contributed by atoms with Gasteiger partial charge < -0.3 is 10.6 Å². The van der Waals surface area contributed by atoms with Crippen LogP contribution in [0.3, 0.4) is 0 Å². The van der Waals surface area contributed by atoms with E-state index in [0.29, 0.717) is 0 Å². The molecule has 0 fully saturated rings. The van der Waals surface area contributed by atoms with Crippen molar-refractivity contribution >= 4 is 0 Å². The summed E-state index contributed by atoms with van der Waals surface area (Å²) < 4.78 is 0. The molecule has 0 aromatic rings. The van der Waals surface area contributed by atoms with E-state index in [-0.39, 0.29) is 21.1 Å². The largest absolute Gasteiger partial charge is 0.458 e. The monoisotopic (exact) mass is 285 g/mol. The minimum absolute atomic E-state index is 0. The van der Waals surface area contributed by atoms with Crippen molar-refractivity contribution in [2.24, 2.45) is 0 Å². The number of nitrogens with one attached hydrogen (secondary N) is 2. The molecule has 2 N–H and O–H groups in total. The molecular formula is C5H13N2W-. The molecule has 0 aliphatic carbocycles. The zero-order valence-electron chi connectivity index (χ0n) is 5.40. The van der Waals surface area contributed by atoms with E-state index in [2.05, 4.69) is 17.6 Å². The van der Waals surface area contributed by atoms with E-state index in [4.69, 9.17) is 0 Å². The van der Waals surface area contributed by atoms with E-state index in [0.717, 1.165) is 13.2 Å². The van der Waals surface area contributed by atoms with Gasteiger partial charge in [-0.3, -0.25) is 6.54 Å². The number of hydrogen-bond donors (Lipinski definition) is 2. The topological polar surface area (TPSA) is 24.1 Å². The first-order valence-electron chi connectivity index (χ1n) is 2.63. The van der Waals surface area contributed by atoms with Gasteiger partial charge in [0.1, 0.15) is 0 Å². The predicted octanol–water partition coefficient (Wildman–Crippen LogP) is 0.322. The number of hydrogen-bond acceptors (Lipinski definition) is 2. The van der Waals surface area contributed by atoms with Gasteiger partial charge in [0.05, 0.1) is 0 Å². The maximum Gasteiger partial charge on any atom is 0.0183 e. The molecule has 0 aromatic heterocycles. The molecule has 0 bridgehead atoms.